The minimum Gasteiger partial charge on any atom is -0.760 e. The number of pyridine rings is 1. The molecule has 1 saturated heterocycles. The molecular weight excluding hydrogens is 446 g/mol. The summed E-state index contributed by atoms with van der Waals surface area (Å²) in [6.45, 7) is 8.74. The van der Waals surface area contributed by atoms with E-state index >= 15 is 0 Å². The van der Waals surface area contributed by atoms with Crippen LogP contribution in [0.5, 0.6) is 0 Å². The highest BCUT2D eigenvalue weighted by atomic mass is 32.2. The molecule has 8 heteroatoms. The average molecular weight is 477 g/mol. The molecule has 0 aliphatic carbocycles. The standard InChI is InChI=1S/C26H28N4.H3NO2S/c1-18-4-5-21(14-19(18)2)25-17-28-26-24(25)15-22(16-27-26)20-6-8-23(9-7-20)30-12-10-29(3)11-13-30;1-4(2)3/h4-9,14-17H,10-13H2,1-3H3,(H,27,28);1H2,(H,2,3)/p-1. The summed E-state index contributed by atoms with van der Waals surface area (Å²) < 4.78 is 17.6. The van der Waals surface area contributed by atoms with Crippen LogP contribution in [0.2, 0.25) is 0 Å². The molecule has 178 valence electrons. The van der Waals surface area contributed by atoms with Crippen molar-refractivity contribution in [2.45, 2.75) is 13.8 Å². The Morgan fingerprint density at radius 1 is 0.941 bits per heavy atom. The van der Waals surface area contributed by atoms with Crippen LogP contribution in [0, 0.1) is 13.8 Å². The summed E-state index contributed by atoms with van der Waals surface area (Å²) in [5.41, 5.74) is 9.65. The van der Waals surface area contributed by atoms with Crippen molar-refractivity contribution in [2.24, 2.45) is 5.14 Å². The van der Waals surface area contributed by atoms with E-state index in [1.807, 2.05) is 6.20 Å². The van der Waals surface area contributed by atoms with E-state index in [9.17, 15) is 0 Å². The van der Waals surface area contributed by atoms with Crippen molar-refractivity contribution in [3.63, 3.8) is 0 Å². The second-order valence-corrected chi connectivity index (χ2v) is 9.24. The quantitative estimate of drug-likeness (QED) is 0.435. The number of hydrogen-bond donors (Lipinski definition) is 2. The van der Waals surface area contributed by atoms with E-state index in [1.165, 1.54) is 38.9 Å². The van der Waals surface area contributed by atoms with E-state index < -0.39 is 11.3 Å². The molecule has 0 radical (unpaired) electrons. The fraction of sp³-hybridized carbons (Fsp3) is 0.269. The highest BCUT2D eigenvalue weighted by Crippen LogP contribution is 2.32. The zero-order valence-corrected chi connectivity index (χ0v) is 20.6. The van der Waals surface area contributed by atoms with Crippen LogP contribution < -0.4 is 10.0 Å². The Hall–Kier alpha value is -3.04. The number of H-pyrrole nitrogens is 1. The molecule has 0 spiro atoms. The van der Waals surface area contributed by atoms with Crippen molar-refractivity contribution in [1.82, 2.24) is 14.9 Å². The van der Waals surface area contributed by atoms with E-state index in [-0.39, 0.29) is 0 Å². The number of likely N-dealkylation sites (N-methyl/N-ethyl adjacent to an activating group) is 1. The number of aromatic nitrogens is 2. The number of nitrogens with one attached hydrogen (secondary N) is 1. The first-order valence-corrected chi connectivity index (χ1v) is 12.4. The second kappa shape index (κ2) is 10.5. The van der Waals surface area contributed by atoms with Crippen LogP contribution in [0.1, 0.15) is 11.1 Å². The molecule has 2 aromatic carbocycles. The van der Waals surface area contributed by atoms with Crippen LogP contribution in [0.4, 0.5) is 5.69 Å². The number of aromatic amines is 1. The Kier molecular flexibility index (Phi) is 7.43. The molecule has 0 amide bonds. The van der Waals surface area contributed by atoms with Gasteiger partial charge >= 0.3 is 0 Å². The molecule has 3 N–H and O–H groups in total. The molecular formula is C26H30N5O2S-. The third-order valence-corrected chi connectivity index (χ3v) is 6.42. The Balaban J connectivity index is 0.000000636. The summed E-state index contributed by atoms with van der Waals surface area (Å²) in [5.74, 6) is 0. The van der Waals surface area contributed by atoms with Crippen molar-refractivity contribution in [3.05, 3.63) is 72.1 Å². The summed E-state index contributed by atoms with van der Waals surface area (Å²) in [4.78, 5) is 12.9. The normalized spacial score (nSPS) is 15.1. The van der Waals surface area contributed by atoms with E-state index in [2.05, 4.69) is 95.5 Å². The topological polar surface area (TPSA) is 101 Å². The number of nitrogens with zero attached hydrogens (tertiary/aromatic N) is 3. The minimum atomic E-state index is -2.36. The predicted octanol–water partition coefficient (Wildman–Crippen LogP) is 4.00. The molecule has 0 bridgehead atoms. The van der Waals surface area contributed by atoms with Gasteiger partial charge in [-0.3, -0.25) is 9.35 Å². The minimum absolute atomic E-state index is 0.932. The summed E-state index contributed by atoms with van der Waals surface area (Å²) in [7, 11) is 2.19. The van der Waals surface area contributed by atoms with Gasteiger partial charge in [0.25, 0.3) is 0 Å². The fourth-order valence-electron chi connectivity index (χ4n) is 4.24. The van der Waals surface area contributed by atoms with Gasteiger partial charge < -0.3 is 19.3 Å². The van der Waals surface area contributed by atoms with Gasteiger partial charge in [-0.05, 0) is 61.3 Å². The third-order valence-electron chi connectivity index (χ3n) is 6.42. The lowest BCUT2D eigenvalue weighted by atomic mass is 9.99. The van der Waals surface area contributed by atoms with E-state index in [1.54, 1.807) is 0 Å². The summed E-state index contributed by atoms with van der Waals surface area (Å²) in [5, 5.41) is 5.19. The van der Waals surface area contributed by atoms with Gasteiger partial charge in [0.15, 0.2) is 0 Å². The maximum Gasteiger partial charge on any atom is 0.137 e. The summed E-state index contributed by atoms with van der Waals surface area (Å²) >= 11 is -2.36. The molecule has 1 unspecified atom stereocenters. The average Bonchev–Trinajstić information content (AvgIpc) is 3.24. The van der Waals surface area contributed by atoms with Crippen molar-refractivity contribution < 1.29 is 8.76 Å². The number of hydrogen-bond acceptors (Lipinski definition) is 5. The van der Waals surface area contributed by atoms with Crippen LogP contribution in [-0.4, -0.2) is 56.9 Å². The van der Waals surface area contributed by atoms with Gasteiger partial charge in [0.1, 0.15) is 5.65 Å². The number of benzene rings is 2. The van der Waals surface area contributed by atoms with Gasteiger partial charge in [0.2, 0.25) is 0 Å². The van der Waals surface area contributed by atoms with E-state index in [4.69, 9.17) is 13.7 Å². The highest BCUT2D eigenvalue weighted by Gasteiger charge is 2.14. The number of anilines is 1. The number of piperazine rings is 1. The lowest BCUT2D eigenvalue weighted by Crippen LogP contribution is -2.44. The molecule has 1 atom stereocenters. The second-order valence-electron chi connectivity index (χ2n) is 8.72. The maximum atomic E-state index is 8.78. The van der Waals surface area contributed by atoms with Crippen LogP contribution in [0.15, 0.2) is 60.9 Å². The van der Waals surface area contributed by atoms with Gasteiger partial charge in [0, 0.05) is 72.0 Å². The molecule has 1 aliphatic heterocycles. The number of nitrogens with two attached hydrogens (primary N) is 1. The SMILES string of the molecule is Cc1ccc(-c2c[nH]c3ncc(-c4ccc(N5CCN(C)CC5)cc4)cc23)cc1C.NS(=O)[O-]. The van der Waals surface area contributed by atoms with Gasteiger partial charge in [0.05, 0.1) is 0 Å². The number of fused-ring (bicyclic) bond motifs is 1. The summed E-state index contributed by atoms with van der Waals surface area (Å²) in [6, 6.07) is 17.8. The van der Waals surface area contributed by atoms with Crippen molar-refractivity contribution >= 4 is 28.0 Å². The Labute approximate surface area is 203 Å². The smallest absolute Gasteiger partial charge is 0.137 e. The highest BCUT2D eigenvalue weighted by molar-refractivity contribution is 7.76. The molecule has 1 fully saturated rings. The molecule has 4 aromatic rings. The zero-order valence-electron chi connectivity index (χ0n) is 19.7. The Morgan fingerprint density at radius 3 is 2.24 bits per heavy atom. The van der Waals surface area contributed by atoms with Gasteiger partial charge in [-0.15, -0.1) is 0 Å². The lowest BCUT2D eigenvalue weighted by Gasteiger charge is -2.34. The van der Waals surface area contributed by atoms with Gasteiger partial charge in [-0.25, -0.2) is 4.98 Å². The monoisotopic (exact) mass is 476 g/mol. The molecule has 1 aliphatic rings. The van der Waals surface area contributed by atoms with Crippen LogP contribution >= 0.6 is 0 Å². The molecule has 0 saturated carbocycles. The van der Waals surface area contributed by atoms with Gasteiger partial charge in [-0.1, -0.05) is 30.3 Å². The summed E-state index contributed by atoms with van der Waals surface area (Å²) in [6.07, 6.45) is 4.04. The van der Waals surface area contributed by atoms with Gasteiger partial charge in [-0.2, -0.15) is 0 Å². The first-order chi connectivity index (χ1) is 16.3. The molecule has 3 heterocycles. The van der Waals surface area contributed by atoms with Crippen molar-refractivity contribution in [3.8, 4) is 22.3 Å². The molecule has 5 rings (SSSR count). The fourth-order valence-corrected chi connectivity index (χ4v) is 4.24. The first-order valence-electron chi connectivity index (χ1n) is 11.2. The van der Waals surface area contributed by atoms with Crippen LogP contribution in [-0.2, 0) is 11.3 Å². The predicted molar refractivity (Wildman–Crippen MR) is 139 cm³/mol. The van der Waals surface area contributed by atoms with E-state index in [0.29, 0.717) is 0 Å². The molecule has 7 nitrogen and oxygen atoms in total. The van der Waals surface area contributed by atoms with Crippen molar-refractivity contribution in [1.29, 1.82) is 0 Å². The molecule has 34 heavy (non-hydrogen) atoms. The Bertz CT molecular complexity index is 1290. The number of aryl methyl sites for hydroxylation is 2. The van der Waals surface area contributed by atoms with Crippen molar-refractivity contribution in [2.75, 3.05) is 38.1 Å². The number of rotatable bonds is 3. The lowest BCUT2D eigenvalue weighted by molar-refractivity contribution is 0.313. The third kappa shape index (κ3) is 5.53. The van der Waals surface area contributed by atoms with Crippen LogP contribution in [0.3, 0.4) is 0 Å². The van der Waals surface area contributed by atoms with E-state index in [0.717, 1.165) is 37.4 Å². The largest absolute Gasteiger partial charge is 0.760 e. The maximum absolute atomic E-state index is 8.78. The van der Waals surface area contributed by atoms with Crippen LogP contribution in [0.25, 0.3) is 33.3 Å². The molecule has 2 aromatic heterocycles. The zero-order chi connectivity index (χ0) is 24.2. The first kappa shape index (κ1) is 24.1. The Morgan fingerprint density at radius 2 is 1.59 bits per heavy atom.